The van der Waals surface area contributed by atoms with E-state index in [1.807, 2.05) is 0 Å². The highest BCUT2D eigenvalue weighted by atomic mass is 79.9. The van der Waals surface area contributed by atoms with E-state index >= 15 is 0 Å². The van der Waals surface area contributed by atoms with Gasteiger partial charge in [0.05, 0.1) is 0 Å². The number of nitrogens with zero attached hydrogens (tertiary/aromatic N) is 1. The summed E-state index contributed by atoms with van der Waals surface area (Å²) < 4.78 is 1.29. The predicted molar refractivity (Wildman–Crippen MR) is 87.9 cm³/mol. The van der Waals surface area contributed by atoms with E-state index in [0.717, 1.165) is 19.0 Å². The molecule has 3 heteroatoms. The van der Waals surface area contributed by atoms with Gasteiger partial charge in [-0.05, 0) is 30.4 Å². The molecule has 20 heavy (non-hydrogen) atoms. The molecule has 0 radical (unpaired) electrons. The molecule has 1 aromatic carbocycles. The van der Waals surface area contributed by atoms with Crippen molar-refractivity contribution in [3.05, 3.63) is 34.3 Å². The molecule has 0 aromatic heterocycles. The molecule has 1 aliphatic heterocycles. The zero-order valence-electron chi connectivity index (χ0n) is 12.2. The number of hydrogen-bond donors (Lipinski definition) is 1. The molecule has 1 saturated heterocycles. The van der Waals surface area contributed by atoms with Crippen molar-refractivity contribution in [1.82, 2.24) is 10.2 Å². The Balaban J connectivity index is 1.87. The van der Waals surface area contributed by atoms with Gasteiger partial charge in [0.25, 0.3) is 0 Å². The number of rotatable bonds is 3. The maximum Gasteiger partial charge on any atom is 0.0388 e. The van der Waals surface area contributed by atoms with Crippen molar-refractivity contribution >= 4 is 15.9 Å². The SMILES string of the molecule is Brc1ccccc1[C@H](C1CCCCC1)N1CCNCC1. The highest BCUT2D eigenvalue weighted by Gasteiger charge is 2.31. The second-order valence-electron chi connectivity index (χ2n) is 6.15. The topological polar surface area (TPSA) is 15.3 Å². The van der Waals surface area contributed by atoms with Crippen molar-refractivity contribution in [2.75, 3.05) is 26.2 Å². The molecule has 0 bridgehead atoms. The smallest absolute Gasteiger partial charge is 0.0388 e. The van der Waals surface area contributed by atoms with Crippen LogP contribution in [0.4, 0.5) is 0 Å². The fraction of sp³-hybridized carbons (Fsp3) is 0.647. The molecule has 1 N–H and O–H groups in total. The number of benzene rings is 1. The van der Waals surface area contributed by atoms with Crippen LogP contribution in [-0.4, -0.2) is 31.1 Å². The first-order valence-electron chi connectivity index (χ1n) is 8.05. The Kier molecular flexibility index (Phi) is 5.14. The van der Waals surface area contributed by atoms with E-state index in [1.165, 1.54) is 55.2 Å². The van der Waals surface area contributed by atoms with Gasteiger partial charge in [-0.25, -0.2) is 0 Å². The summed E-state index contributed by atoms with van der Waals surface area (Å²) in [7, 11) is 0. The Morgan fingerprint density at radius 2 is 1.75 bits per heavy atom. The van der Waals surface area contributed by atoms with E-state index in [1.54, 1.807) is 0 Å². The van der Waals surface area contributed by atoms with Gasteiger partial charge in [0.1, 0.15) is 0 Å². The molecule has 1 aliphatic carbocycles. The largest absolute Gasteiger partial charge is 0.314 e. The summed E-state index contributed by atoms with van der Waals surface area (Å²) in [6.45, 7) is 4.63. The lowest BCUT2D eigenvalue weighted by atomic mass is 9.80. The molecule has 1 heterocycles. The average Bonchev–Trinajstić information content (AvgIpc) is 2.52. The lowest BCUT2D eigenvalue weighted by Crippen LogP contribution is -2.47. The van der Waals surface area contributed by atoms with E-state index < -0.39 is 0 Å². The molecule has 110 valence electrons. The van der Waals surface area contributed by atoms with Crippen molar-refractivity contribution in [2.24, 2.45) is 5.92 Å². The standard InChI is InChI=1S/C17H25BrN2/c18-16-9-5-4-8-15(16)17(14-6-2-1-3-7-14)20-12-10-19-11-13-20/h4-5,8-9,14,17,19H,1-3,6-7,10-13H2/t17-/m0/s1. The van der Waals surface area contributed by atoms with Crippen LogP contribution in [0, 0.1) is 5.92 Å². The Morgan fingerprint density at radius 3 is 2.45 bits per heavy atom. The van der Waals surface area contributed by atoms with Gasteiger partial charge < -0.3 is 5.32 Å². The van der Waals surface area contributed by atoms with Crippen LogP contribution < -0.4 is 5.32 Å². The maximum absolute atomic E-state index is 3.79. The number of piperazine rings is 1. The van der Waals surface area contributed by atoms with E-state index in [2.05, 4.69) is 50.4 Å². The van der Waals surface area contributed by atoms with Crippen LogP contribution in [0.3, 0.4) is 0 Å². The minimum atomic E-state index is 0.605. The molecule has 0 unspecified atom stereocenters. The van der Waals surface area contributed by atoms with Crippen LogP contribution in [0.2, 0.25) is 0 Å². The molecule has 0 spiro atoms. The summed E-state index contributed by atoms with van der Waals surface area (Å²) in [4.78, 5) is 2.71. The highest BCUT2D eigenvalue weighted by molar-refractivity contribution is 9.10. The molecule has 1 atom stereocenters. The van der Waals surface area contributed by atoms with Gasteiger partial charge in [0.15, 0.2) is 0 Å². The summed E-state index contributed by atoms with van der Waals surface area (Å²) in [6, 6.07) is 9.45. The normalized spacial score (nSPS) is 23.6. The summed E-state index contributed by atoms with van der Waals surface area (Å²) in [6.07, 6.45) is 7.06. The number of nitrogens with one attached hydrogen (secondary N) is 1. The third-order valence-electron chi connectivity index (χ3n) is 4.87. The van der Waals surface area contributed by atoms with Crippen molar-refractivity contribution in [1.29, 1.82) is 0 Å². The van der Waals surface area contributed by atoms with E-state index in [4.69, 9.17) is 0 Å². The molecule has 0 amide bonds. The predicted octanol–water partition coefficient (Wildman–Crippen LogP) is 3.98. The fourth-order valence-electron chi connectivity index (χ4n) is 3.87. The first-order valence-corrected chi connectivity index (χ1v) is 8.85. The van der Waals surface area contributed by atoms with Gasteiger partial charge in [0.2, 0.25) is 0 Å². The summed E-state index contributed by atoms with van der Waals surface area (Å²) >= 11 is 3.79. The molecule has 3 rings (SSSR count). The van der Waals surface area contributed by atoms with Gasteiger partial charge in [-0.1, -0.05) is 53.4 Å². The monoisotopic (exact) mass is 336 g/mol. The third-order valence-corrected chi connectivity index (χ3v) is 5.59. The highest BCUT2D eigenvalue weighted by Crippen LogP contribution is 2.40. The Bertz CT molecular complexity index is 405. The van der Waals surface area contributed by atoms with Crippen LogP contribution >= 0.6 is 15.9 Å². The zero-order chi connectivity index (χ0) is 13.8. The van der Waals surface area contributed by atoms with Gasteiger partial charge in [-0.2, -0.15) is 0 Å². The van der Waals surface area contributed by atoms with Crippen molar-refractivity contribution in [3.8, 4) is 0 Å². The molecule has 1 aromatic rings. The van der Waals surface area contributed by atoms with Crippen molar-refractivity contribution in [3.63, 3.8) is 0 Å². The lowest BCUT2D eigenvalue weighted by Gasteiger charge is -2.41. The van der Waals surface area contributed by atoms with Gasteiger partial charge >= 0.3 is 0 Å². The van der Waals surface area contributed by atoms with Crippen LogP contribution in [0.1, 0.15) is 43.7 Å². The molecular weight excluding hydrogens is 312 g/mol. The van der Waals surface area contributed by atoms with Crippen LogP contribution in [0.5, 0.6) is 0 Å². The summed E-state index contributed by atoms with van der Waals surface area (Å²) in [5.74, 6) is 0.834. The van der Waals surface area contributed by atoms with E-state index in [0.29, 0.717) is 6.04 Å². The average molecular weight is 337 g/mol. The van der Waals surface area contributed by atoms with Crippen LogP contribution in [0.25, 0.3) is 0 Å². The van der Waals surface area contributed by atoms with E-state index in [9.17, 15) is 0 Å². The Labute approximate surface area is 131 Å². The summed E-state index contributed by atoms with van der Waals surface area (Å²) in [5, 5.41) is 3.49. The van der Waals surface area contributed by atoms with E-state index in [-0.39, 0.29) is 0 Å². The molecule has 2 aliphatic rings. The first kappa shape index (κ1) is 14.6. The molecule has 2 fully saturated rings. The first-order chi connectivity index (χ1) is 9.86. The van der Waals surface area contributed by atoms with Gasteiger partial charge in [-0.15, -0.1) is 0 Å². The maximum atomic E-state index is 3.79. The molecular formula is C17H25BrN2. The lowest BCUT2D eigenvalue weighted by molar-refractivity contribution is 0.103. The van der Waals surface area contributed by atoms with Crippen LogP contribution in [0.15, 0.2) is 28.7 Å². The Hall–Kier alpha value is -0.380. The number of halogens is 1. The zero-order valence-corrected chi connectivity index (χ0v) is 13.7. The summed E-state index contributed by atoms with van der Waals surface area (Å²) in [5.41, 5.74) is 1.50. The van der Waals surface area contributed by atoms with Crippen molar-refractivity contribution < 1.29 is 0 Å². The molecule has 1 saturated carbocycles. The van der Waals surface area contributed by atoms with Crippen molar-refractivity contribution in [2.45, 2.75) is 38.1 Å². The van der Waals surface area contributed by atoms with Crippen LogP contribution in [-0.2, 0) is 0 Å². The Morgan fingerprint density at radius 1 is 1.05 bits per heavy atom. The molecule has 2 nitrogen and oxygen atoms in total. The fourth-order valence-corrected chi connectivity index (χ4v) is 4.39. The van der Waals surface area contributed by atoms with Gasteiger partial charge in [0, 0.05) is 36.7 Å². The minimum Gasteiger partial charge on any atom is -0.314 e. The number of hydrogen-bond acceptors (Lipinski definition) is 2. The second kappa shape index (κ2) is 7.06. The van der Waals surface area contributed by atoms with Gasteiger partial charge in [-0.3, -0.25) is 4.90 Å². The quantitative estimate of drug-likeness (QED) is 0.898. The second-order valence-corrected chi connectivity index (χ2v) is 7.00. The third kappa shape index (κ3) is 3.26. The minimum absolute atomic E-state index is 0.605.